The number of nitrogens with one attached hydrogen (secondary N) is 1. The van der Waals surface area contributed by atoms with E-state index < -0.39 is 10.0 Å². The van der Waals surface area contributed by atoms with Crippen LogP contribution in [0.15, 0.2) is 28.5 Å². The lowest BCUT2D eigenvalue weighted by Crippen LogP contribution is -2.12. The molecule has 1 heterocycles. The maximum atomic E-state index is 12.3. The Bertz CT molecular complexity index is 737. The Hall–Kier alpha value is -0.500. The molecule has 0 amide bonds. The Balaban J connectivity index is 2.33. The molecule has 2 aromatic rings. The lowest BCUT2D eigenvalue weighted by molar-refractivity contribution is 0.603. The summed E-state index contributed by atoms with van der Waals surface area (Å²) >= 11 is 18.9. The average Bonchev–Trinajstić information content (AvgIpc) is 2.84. The highest BCUT2D eigenvalue weighted by Crippen LogP contribution is 2.35. The smallest absolute Gasteiger partial charge is 0.271 e. The Kier molecular flexibility index (Phi) is 5.40. The van der Waals surface area contributed by atoms with Gasteiger partial charge in [-0.2, -0.15) is 0 Å². The van der Waals surface area contributed by atoms with E-state index >= 15 is 0 Å². The zero-order valence-corrected chi connectivity index (χ0v) is 14.5. The second kappa shape index (κ2) is 6.73. The molecule has 2 rings (SSSR count). The molecule has 0 unspecified atom stereocenters. The maximum absolute atomic E-state index is 12.3. The summed E-state index contributed by atoms with van der Waals surface area (Å²) in [5.41, 5.74) is 5.56. The van der Waals surface area contributed by atoms with Crippen molar-refractivity contribution in [3.63, 3.8) is 0 Å². The summed E-state index contributed by atoms with van der Waals surface area (Å²) in [5, 5.41) is 0.596. The Morgan fingerprint density at radius 2 is 1.76 bits per heavy atom. The van der Waals surface area contributed by atoms with Crippen molar-refractivity contribution in [1.29, 1.82) is 0 Å². The highest BCUT2D eigenvalue weighted by atomic mass is 35.5. The van der Waals surface area contributed by atoms with Gasteiger partial charge in [0.1, 0.15) is 4.21 Å². The van der Waals surface area contributed by atoms with E-state index in [4.69, 9.17) is 40.5 Å². The van der Waals surface area contributed by atoms with Gasteiger partial charge in [0.2, 0.25) is 0 Å². The largest absolute Gasteiger partial charge is 0.330 e. The van der Waals surface area contributed by atoms with Gasteiger partial charge in [-0.05, 0) is 37.2 Å². The fourth-order valence-corrected chi connectivity index (χ4v) is 5.10. The van der Waals surface area contributed by atoms with Crippen molar-refractivity contribution in [3.05, 3.63) is 44.2 Å². The molecule has 0 aliphatic carbocycles. The van der Waals surface area contributed by atoms with Crippen LogP contribution < -0.4 is 10.5 Å². The first kappa shape index (κ1) is 16.9. The predicted molar refractivity (Wildman–Crippen MR) is 89.4 cm³/mol. The van der Waals surface area contributed by atoms with Crippen molar-refractivity contribution in [2.24, 2.45) is 5.73 Å². The van der Waals surface area contributed by atoms with E-state index in [2.05, 4.69) is 4.72 Å². The summed E-state index contributed by atoms with van der Waals surface area (Å²) in [7, 11) is -3.75. The molecule has 0 saturated heterocycles. The fraction of sp³-hybridized carbons (Fsp3) is 0.167. The average molecular weight is 386 g/mol. The van der Waals surface area contributed by atoms with Gasteiger partial charge >= 0.3 is 0 Å². The number of anilines is 1. The molecule has 4 nitrogen and oxygen atoms in total. The number of hydrogen-bond acceptors (Lipinski definition) is 4. The minimum absolute atomic E-state index is 0.108. The van der Waals surface area contributed by atoms with Crippen molar-refractivity contribution < 1.29 is 8.42 Å². The van der Waals surface area contributed by atoms with E-state index in [9.17, 15) is 8.42 Å². The molecule has 1 aromatic carbocycles. The molecule has 0 aliphatic rings. The predicted octanol–water partition coefficient (Wildman–Crippen LogP) is 4.01. The van der Waals surface area contributed by atoms with Crippen LogP contribution in [0.25, 0.3) is 0 Å². The number of halogens is 3. The van der Waals surface area contributed by atoms with Gasteiger partial charge in [-0.1, -0.05) is 34.8 Å². The Morgan fingerprint density at radius 1 is 1.14 bits per heavy atom. The molecule has 0 fully saturated rings. The molecule has 3 N–H and O–H groups in total. The molecule has 114 valence electrons. The van der Waals surface area contributed by atoms with Gasteiger partial charge < -0.3 is 5.73 Å². The monoisotopic (exact) mass is 384 g/mol. The van der Waals surface area contributed by atoms with Gasteiger partial charge in [0.25, 0.3) is 10.0 Å². The lowest BCUT2D eigenvalue weighted by atomic mass is 10.3. The normalized spacial score (nSPS) is 11.6. The maximum Gasteiger partial charge on any atom is 0.271 e. The summed E-state index contributed by atoms with van der Waals surface area (Å²) < 4.78 is 27.2. The molecule has 0 aliphatic heterocycles. The quantitative estimate of drug-likeness (QED) is 0.816. The number of benzene rings is 1. The number of nitrogens with two attached hydrogens (primary N) is 1. The first-order valence-electron chi connectivity index (χ1n) is 5.79. The molecular weight excluding hydrogens is 375 g/mol. The van der Waals surface area contributed by atoms with E-state index in [-0.39, 0.29) is 19.9 Å². The van der Waals surface area contributed by atoms with Gasteiger partial charge in [0.15, 0.2) is 0 Å². The van der Waals surface area contributed by atoms with Gasteiger partial charge in [-0.3, -0.25) is 4.72 Å². The van der Waals surface area contributed by atoms with Gasteiger partial charge in [0, 0.05) is 9.90 Å². The number of hydrogen-bond donors (Lipinski definition) is 2. The van der Waals surface area contributed by atoms with Crippen LogP contribution >= 0.6 is 46.1 Å². The molecule has 0 radical (unpaired) electrons. The van der Waals surface area contributed by atoms with E-state index in [1.54, 1.807) is 6.07 Å². The second-order valence-electron chi connectivity index (χ2n) is 4.11. The zero-order chi connectivity index (χ0) is 15.6. The van der Waals surface area contributed by atoms with Crippen LogP contribution in [0.4, 0.5) is 5.69 Å². The summed E-state index contributed by atoms with van der Waals surface area (Å²) in [6.07, 6.45) is 0.628. The zero-order valence-electron chi connectivity index (χ0n) is 10.6. The summed E-state index contributed by atoms with van der Waals surface area (Å²) in [5.74, 6) is 0. The third kappa shape index (κ3) is 4.03. The highest BCUT2D eigenvalue weighted by molar-refractivity contribution is 7.94. The van der Waals surface area contributed by atoms with Crippen molar-refractivity contribution in [2.75, 3.05) is 11.3 Å². The van der Waals surface area contributed by atoms with Crippen LogP contribution in [0.1, 0.15) is 4.88 Å². The molecule has 0 atom stereocenters. The number of sulfonamides is 1. The first-order chi connectivity index (χ1) is 9.83. The van der Waals surface area contributed by atoms with E-state index in [0.717, 1.165) is 16.2 Å². The van der Waals surface area contributed by atoms with Crippen LogP contribution in [0.3, 0.4) is 0 Å². The topological polar surface area (TPSA) is 72.2 Å². The van der Waals surface area contributed by atoms with Crippen LogP contribution in [0.5, 0.6) is 0 Å². The molecular formula is C12H11Cl3N2O2S2. The summed E-state index contributed by atoms with van der Waals surface area (Å²) in [6, 6.07) is 6.09. The lowest BCUT2D eigenvalue weighted by Gasteiger charge is -2.10. The minimum Gasteiger partial charge on any atom is -0.330 e. The molecule has 1 aromatic heterocycles. The third-order valence-corrected chi connectivity index (χ3v) is 6.34. The number of rotatable bonds is 5. The van der Waals surface area contributed by atoms with Crippen LogP contribution in [0.2, 0.25) is 15.1 Å². The van der Waals surface area contributed by atoms with E-state index in [1.165, 1.54) is 18.2 Å². The van der Waals surface area contributed by atoms with Crippen molar-refractivity contribution >= 4 is 61.9 Å². The van der Waals surface area contributed by atoms with Gasteiger partial charge in [-0.15, -0.1) is 11.3 Å². The summed E-state index contributed by atoms with van der Waals surface area (Å²) in [6.45, 7) is 0.461. The first-order valence-corrected chi connectivity index (χ1v) is 9.23. The van der Waals surface area contributed by atoms with E-state index in [1.807, 2.05) is 0 Å². The molecule has 9 heteroatoms. The SMILES string of the molecule is NCCc1ccc(S(=O)(=O)Nc2c(Cl)cc(Cl)cc2Cl)s1. The fourth-order valence-electron chi connectivity index (χ4n) is 1.60. The van der Waals surface area contributed by atoms with Crippen molar-refractivity contribution in [2.45, 2.75) is 10.6 Å². The molecule has 0 bridgehead atoms. The number of thiophene rings is 1. The van der Waals surface area contributed by atoms with Crippen LogP contribution in [-0.2, 0) is 16.4 Å². The van der Waals surface area contributed by atoms with Crippen molar-refractivity contribution in [3.8, 4) is 0 Å². The molecule has 0 spiro atoms. The van der Waals surface area contributed by atoms with Gasteiger partial charge in [-0.25, -0.2) is 8.42 Å². The third-order valence-electron chi connectivity index (χ3n) is 2.54. The van der Waals surface area contributed by atoms with Gasteiger partial charge in [0.05, 0.1) is 15.7 Å². The molecule has 0 saturated carbocycles. The summed E-state index contributed by atoms with van der Waals surface area (Å²) in [4.78, 5) is 0.895. The van der Waals surface area contributed by atoms with Crippen LogP contribution in [-0.4, -0.2) is 15.0 Å². The van der Waals surface area contributed by atoms with E-state index in [0.29, 0.717) is 18.0 Å². The Labute approximate surface area is 141 Å². The highest BCUT2D eigenvalue weighted by Gasteiger charge is 2.20. The minimum atomic E-state index is -3.75. The second-order valence-corrected chi connectivity index (χ2v) is 8.44. The Morgan fingerprint density at radius 3 is 2.33 bits per heavy atom. The molecule has 21 heavy (non-hydrogen) atoms. The standard InChI is InChI=1S/C12H11Cl3N2O2S2/c13-7-5-9(14)12(10(15)6-7)17-21(18,19)11-2-1-8(20-11)3-4-16/h1-2,5-6,17H,3-4,16H2. The van der Waals surface area contributed by atoms with Crippen LogP contribution in [0, 0.1) is 0 Å². The van der Waals surface area contributed by atoms with Crippen molar-refractivity contribution in [1.82, 2.24) is 0 Å².